The Bertz CT molecular complexity index is 625. The van der Waals surface area contributed by atoms with Crippen LogP contribution in [0.15, 0.2) is 42.5 Å². The van der Waals surface area contributed by atoms with Crippen LogP contribution in [0.3, 0.4) is 0 Å². The van der Waals surface area contributed by atoms with Gasteiger partial charge < -0.3 is 10.4 Å². The lowest BCUT2D eigenvalue weighted by Gasteiger charge is -2.11. The average molecular weight is 299 g/mol. The molecule has 0 unspecified atom stereocenters. The van der Waals surface area contributed by atoms with Gasteiger partial charge in [-0.2, -0.15) is 13.2 Å². The molecule has 0 heterocycles. The Kier molecular flexibility index (Phi) is 4.47. The second-order valence-corrected chi connectivity index (χ2v) is 4.52. The molecule has 112 valence electrons. The molecule has 0 aliphatic rings. The summed E-state index contributed by atoms with van der Waals surface area (Å²) in [5, 5.41) is 11.7. The first-order chi connectivity index (χ1) is 9.90. The first-order valence-corrected chi connectivity index (χ1v) is 6.19. The molecular formula is C15H13F4NO. The van der Waals surface area contributed by atoms with Crippen LogP contribution < -0.4 is 5.32 Å². The maximum atomic E-state index is 13.6. The molecule has 0 spiro atoms. The van der Waals surface area contributed by atoms with Crippen LogP contribution in [0.5, 0.6) is 0 Å². The minimum absolute atomic E-state index is 0.00241. The molecule has 0 radical (unpaired) electrons. The highest BCUT2D eigenvalue weighted by Gasteiger charge is 2.31. The van der Waals surface area contributed by atoms with E-state index in [1.807, 2.05) is 0 Å². The van der Waals surface area contributed by atoms with E-state index >= 15 is 0 Å². The summed E-state index contributed by atoms with van der Waals surface area (Å²) in [6, 6.07) is 9.34. The monoisotopic (exact) mass is 299 g/mol. The molecule has 0 aromatic heterocycles. The van der Waals surface area contributed by atoms with Crippen molar-refractivity contribution < 1.29 is 22.7 Å². The fraction of sp³-hybridized carbons (Fsp3) is 0.200. The smallest absolute Gasteiger partial charge is 0.392 e. The standard InChI is InChI=1S/C15H13F4NO/c16-13-7-12(15(17,18)19)4-5-14(13)20-8-10-2-1-3-11(6-10)9-21/h1-7,20-21H,8-9H2. The van der Waals surface area contributed by atoms with Crippen LogP contribution in [-0.2, 0) is 19.3 Å². The second kappa shape index (κ2) is 6.13. The zero-order valence-electron chi connectivity index (χ0n) is 10.9. The van der Waals surface area contributed by atoms with Crippen LogP contribution in [0.1, 0.15) is 16.7 Å². The zero-order valence-corrected chi connectivity index (χ0v) is 10.9. The summed E-state index contributed by atoms with van der Waals surface area (Å²) >= 11 is 0. The van der Waals surface area contributed by atoms with Crippen LogP contribution >= 0.6 is 0 Å². The van der Waals surface area contributed by atoms with Crippen molar-refractivity contribution in [3.8, 4) is 0 Å². The molecule has 0 atom stereocenters. The second-order valence-electron chi connectivity index (χ2n) is 4.52. The number of anilines is 1. The van der Waals surface area contributed by atoms with Gasteiger partial charge in [0.25, 0.3) is 0 Å². The first kappa shape index (κ1) is 15.3. The van der Waals surface area contributed by atoms with E-state index in [9.17, 15) is 17.6 Å². The molecule has 2 rings (SSSR count). The van der Waals surface area contributed by atoms with Gasteiger partial charge in [-0.25, -0.2) is 4.39 Å². The van der Waals surface area contributed by atoms with Gasteiger partial charge in [0.15, 0.2) is 0 Å². The van der Waals surface area contributed by atoms with Crippen LogP contribution in [0, 0.1) is 5.82 Å². The van der Waals surface area contributed by atoms with Gasteiger partial charge in [0, 0.05) is 6.54 Å². The predicted octanol–water partition coefficient (Wildman–Crippen LogP) is 3.95. The summed E-state index contributed by atoms with van der Waals surface area (Å²) < 4.78 is 50.9. The normalized spacial score (nSPS) is 11.5. The minimum atomic E-state index is -4.56. The Hall–Kier alpha value is -2.08. The van der Waals surface area contributed by atoms with Crippen molar-refractivity contribution in [2.24, 2.45) is 0 Å². The van der Waals surface area contributed by atoms with E-state index in [2.05, 4.69) is 5.32 Å². The molecule has 0 saturated heterocycles. The summed E-state index contributed by atoms with van der Waals surface area (Å²) in [5.41, 5.74) is 0.480. The number of halogens is 4. The number of alkyl halides is 3. The molecule has 21 heavy (non-hydrogen) atoms. The van der Waals surface area contributed by atoms with Crippen LogP contribution in [0.25, 0.3) is 0 Å². The number of benzene rings is 2. The number of aliphatic hydroxyl groups is 1. The molecule has 2 N–H and O–H groups in total. The van der Waals surface area contributed by atoms with Crippen LogP contribution in [0.2, 0.25) is 0 Å². The van der Waals surface area contributed by atoms with Gasteiger partial charge in [-0.15, -0.1) is 0 Å². The number of hydrogen-bond donors (Lipinski definition) is 2. The molecule has 2 aromatic carbocycles. The SMILES string of the molecule is OCc1cccc(CNc2ccc(C(F)(F)F)cc2F)c1. The van der Waals surface area contributed by atoms with Crippen LogP contribution in [-0.4, -0.2) is 5.11 Å². The Labute approximate surface area is 119 Å². The Balaban J connectivity index is 2.10. The maximum Gasteiger partial charge on any atom is 0.416 e. The van der Waals surface area contributed by atoms with Crippen molar-refractivity contribution >= 4 is 5.69 Å². The van der Waals surface area contributed by atoms with Gasteiger partial charge in [0.05, 0.1) is 17.9 Å². The molecule has 0 saturated carbocycles. The molecule has 2 nitrogen and oxygen atoms in total. The maximum absolute atomic E-state index is 13.6. The topological polar surface area (TPSA) is 32.3 Å². The summed E-state index contributed by atoms with van der Waals surface area (Å²) in [4.78, 5) is 0. The van der Waals surface area contributed by atoms with Crippen molar-refractivity contribution in [3.63, 3.8) is 0 Å². The Morgan fingerprint density at radius 2 is 1.71 bits per heavy atom. The highest BCUT2D eigenvalue weighted by Crippen LogP contribution is 2.31. The third-order valence-electron chi connectivity index (χ3n) is 2.95. The third-order valence-corrected chi connectivity index (χ3v) is 2.95. The highest BCUT2D eigenvalue weighted by atomic mass is 19.4. The van der Waals surface area contributed by atoms with Crippen molar-refractivity contribution in [1.29, 1.82) is 0 Å². The molecule has 2 aromatic rings. The van der Waals surface area contributed by atoms with E-state index in [-0.39, 0.29) is 18.8 Å². The van der Waals surface area contributed by atoms with Crippen molar-refractivity contribution in [1.82, 2.24) is 0 Å². The fourth-order valence-corrected chi connectivity index (χ4v) is 1.87. The van der Waals surface area contributed by atoms with Crippen molar-refractivity contribution in [2.45, 2.75) is 19.3 Å². The number of hydrogen-bond acceptors (Lipinski definition) is 2. The largest absolute Gasteiger partial charge is 0.416 e. The highest BCUT2D eigenvalue weighted by molar-refractivity contribution is 5.47. The van der Waals surface area contributed by atoms with Crippen molar-refractivity contribution in [2.75, 3.05) is 5.32 Å². The van der Waals surface area contributed by atoms with E-state index in [0.29, 0.717) is 11.6 Å². The summed E-state index contributed by atoms with van der Waals surface area (Å²) in [6.07, 6.45) is -4.56. The zero-order chi connectivity index (χ0) is 15.5. The minimum Gasteiger partial charge on any atom is -0.392 e. The fourth-order valence-electron chi connectivity index (χ4n) is 1.87. The van der Waals surface area contributed by atoms with Gasteiger partial charge in [0.1, 0.15) is 5.82 Å². The molecular weight excluding hydrogens is 286 g/mol. The summed E-state index contributed by atoms with van der Waals surface area (Å²) in [6.45, 7) is 0.138. The van der Waals surface area contributed by atoms with E-state index in [4.69, 9.17) is 5.11 Å². The Morgan fingerprint density at radius 3 is 2.33 bits per heavy atom. The van der Waals surface area contributed by atoms with Gasteiger partial charge in [-0.1, -0.05) is 24.3 Å². The lowest BCUT2D eigenvalue weighted by molar-refractivity contribution is -0.137. The average Bonchev–Trinajstić information content (AvgIpc) is 2.45. The predicted molar refractivity (Wildman–Crippen MR) is 71.1 cm³/mol. The van der Waals surface area contributed by atoms with Gasteiger partial charge in [-0.3, -0.25) is 0 Å². The summed E-state index contributed by atoms with van der Waals surface area (Å²) in [7, 11) is 0. The van der Waals surface area contributed by atoms with E-state index in [1.165, 1.54) is 0 Å². The molecule has 6 heteroatoms. The van der Waals surface area contributed by atoms with E-state index in [0.717, 1.165) is 17.7 Å². The lowest BCUT2D eigenvalue weighted by Crippen LogP contribution is -2.07. The molecule has 0 aliphatic heterocycles. The quantitative estimate of drug-likeness (QED) is 0.838. The number of nitrogens with one attached hydrogen (secondary N) is 1. The van der Waals surface area contributed by atoms with Crippen molar-refractivity contribution in [3.05, 3.63) is 65.0 Å². The number of aliphatic hydroxyl groups excluding tert-OH is 1. The van der Waals surface area contributed by atoms with Crippen LogP contribution in [0.4, 0.5) is 23.2 Å². The first-order valence-electron chi connectivity index (χ1n) is 6.19. The number of rotatable bonds is 4. The van der Waals surface area contributed by atoms with E-state index < -0.39 is 17.6 Å². The lowest BCUT2D eigenvalue weighted by atomic mass is 10.1. The molecule has 0 fully saturated rings. The summed E-state index contributed by atoms with van der Waals surface area (Å²) in [5.74, 6) is -0.955. The van der Waals surface area contributed by atoms with Gasteiger partial charge in [0.2, 0.25) is 0 Å². The third kappa shape index (κ3) is 3.95. The molecule has 0 bridgehead atoms. The van der Waals surface area contributed by atoms with E-state index in [1.54, 1.807) is 24.3 Å². The van der Waals surface area contributed by atoms with Gasteiger partial charge in [-0.05, 0) is 29.3 Å². The Morgan fingerprint density at radius 1 is 1.00 bits per heavy atom. The van der Waals surface area contributed by atoms with Gasteiger partial charge >= 0.3 is 6.18 Å². The molecule has 0 amide bonds. The molecule has 0 aliphatic carbocycles.